The highest BCUT2D eigenvalue weighted by Gasteiger charge is 2.33. The van der Waals surface area contributed by atoms with Gasteiger partial charge in [-0.1, -0.05) is 28.1 Å². The SMILES string of the molecule is CC1=CN(CCc2ccc3c(c2)CC(=O)N3)C(c2oc(-c3ccc(Br)cc3)nc2-c2ccc(F)cc2)O1. The molecule has 0 bridgehead atoms. The predicted molar refractivity (Wildman–Crippen MR) is 142 cm³/mol. The van der Waals surface area contributed by atoms with Crippen molar-refractivity contribution in [2.24, 2.45) is 0 Å². The van der Waals surface area contributed by atoms with Gasteiger partial charge < -0.3 is 19.4 Å². The number of hydrogen-bond acceptors (Lipinski definition) is 5. The Morgan fingerprint density at radius 1 is 1.08 bits per heavy atom. The van der Waals surface area contributed by atoms with Gasteiger partial charge in [0.2, 0.25) is 18.0 Å². The van der Waals surface area contributed by atoms with Gasteiger partial charge >= 0.3 is 0 Å². The Morgan fingerprint density at radius 2 is 1.84 bits per heavy atom. The van der Waals surface area contributed by atoms with Crippen molar-refractivity contribution in [3.63, 3.8) is 0 Å². The van der Waals surface area contributed by atoms with Crippen LogP contribution in [0.15, 0.2) is 87.6 Å². The second kappa shape index (κ2) is 9.52. The van der Waals surface area contributed by atoms with Crippen LogP contribution >= 0.6 is 15.9 Å². The number of anilines is 1. The fourth-order valence-electron chi connectivity index (χ4n) is 4.69. The monoisotopic (exact) mass is 559 g/mol. The van der Waals surface area contributed by atoms with Crippen LogP contribution in [-0.2, 0) is 22.4 Å². The summed E-state index contributed by atoms with van der Waals surface area (Å²) in [7, 11) is 0. The van der Waals surface area contributed by atoms with E-state index in [-0.39, 0.29) is 11.7 Å². The first-order valence-electron chi connectivity index (χ1n) is 12.0. The summed E-state index contributed by atoms with van der Waals surface area (Å²) in [4.78, 5) is 18.6. The first-order valence-corrected chi connectivity index (χ1v) is 12.8. The number of carbonyl (C=O) groups is 1. The number of nitrogens with zero attached hydrogens (tertiary/aromatic N) is 2. The summed E-state index contributed by atoms with van der Waals surface area (Å²) in [5.41, 5.74) is 5.23. The van der Waals surface area contributed by atoms with Gasteiger partial charge in [0.1, 0.15) is 17.3 Å². The van der Waals surface area contributed by atoms with Gasteiger partial charge in [-0.25, -0.2) is 9.37 Å². The minimum Gasteiger partial charge on any atom is -0.466 e. The molecule has 0 radical (unpaired) electrons. The van der Waals surface area contributed by atoms with Crippen molar-refractivity contribution in [1.29, 1.82) is 0 Å². The number of amides is 1. The fourth-order valence-corrected chi connectivity index (χ4v) is 4.95. The zero-order valence-electron chi connectivity index (χ0n) is 20.0. The number of benzene rings is 3. The van der Waals surface area contributed by atoms with Crippen LogP contribution in [0.25, 0.3) is 22.7 Å². The van der Waals surface area contributed by atoms with Crippen LogP contribution in [0.2, 0.25) is 0 Å². The maximum atomic E-state index is 13.7. The number of fused-ring (bicyclic) bond motifs is 1. The maximum Gasteiger partial charge on any atom is 0.232 e. The van der Waals surface area contributed by atoms with Crippen LogP contribution in [0, 0.1) is 5.82 Å². The fraction of sp³-hybridized carbons (Fsp3) is 0.172. The van der Waals surface area contributed by atoms with Gasteiger partial charge in [-0.05, 0) is 79.1 Å². The first kappa shape index (κ1) is 23.5. The van der Waals surface area contributed by atoms with Gasteiger partial charge in [-0.15, -0.1) is 0 Å². The molecule has 4 aromatic rings. The molecule has 1 N–H and O–H groups in total. The number of hydrogen-bond donors (Lipinski definition) is 1. The van der Waals surface area contributed by atoms with Crippen molar-refractivity contribution in [2.75, 3.05) is 11.9 Å². The van der Waals surface area contributed by atoms with Crippen LogP contribution in [0.5, 0.6) is 0 Å². The van der Waals surface area contributed by atoms with Crippen LogP contribution in [0.4, 0.5) is 10.1 Å². The van der Waals surface area contributed by atoms with Crippen LogP contribution in [-0.4, -0.2) is 22.3 Å². The number of oxazole rings is 1. The largest absolute Gasteiger partial charge is 0.466 e. The number of carbonyl (C=O) groups excluding carboxylic acids is 1. The van der Waals surface area contributed by atoms with Gasteiger partial charge in [0, 0.05) is 34.0 Å². The Kier molecular flexibility index (Phi) is 6.04. The summed E-state index contributed by atoms with van der Waals surface area (Å²) in [6.07, 6.45) is 2.62. The lowest BCUT2D eigenvalue weighted by Gasteiger charge is -2.23. The third-order valence-corrected chi connectivity index (χ3v) is 7.01. The lowest BCUT2D eigenvalue weighted by molar-refractivity contribution is -0.115. The highest BCUT2D eigenvalue weighted by atomic mass is 79.9. The molecule has 3 heterocycles. The van der Waals surface area contributed by atoms with Gasteiger partial charge in [0.05, 0.1) is 6.42 Å². The predicted octanol–water partition coefficient (Wildman–Crippen LogP) is 6.84. The average Bonchev–Trinajstić information content (AvgIpc) is 3.59. The Balaban J connectivity index is 1.32. The zero-order chi connectivity index (χ0) is 25.5. The summed E-state index contributed by atoms with van der Waals surface area (Å²) in [6.45, 7) is 2.57. The number of rotatable bonds is 6. The Bertz CT molecular complexity index is 1510. The van der Waals surface area contributed by atoms with Gasteiger partial charge in [0.25, 0.3) is 0 Å². The summed E-state index contributed by atoms with van der Waals surface area (Å²) >= 11 is 3.47. The van der Waals surface area contributed by atoms with E-state index in [1.54, 1.807) is 12.1 Å². The average molecular weight is 560 g/mol. The number of nitrogens with one attached hydrogen (secondary N) is 1. The van der Waals surface area contributed by atoms with Gasteiger partial charge in [-0.2, -0.15) is 0 Å². The summed E-state index contributed by atoms with van der Waals surface area (Å²) in [5, 5.41) is 2.88. The number of ether oxygens (including phenoxy) is 1. The molecule has 0 spiro atoms. The number of aromatic nitrogens is 1. The molecule has 0 saturated heterocycles. The van der Waals surface area contributed by atoms with Crippen molar-refractivity contribution in [2.45, 2.75) is 26.0 Å². The van der Waals surface area contributed by atoms with Crippen LogP contribution in [0.3, 0.4) is 0 Å². The van der Waals surface area contributed by atoms with E-state index in [2.05, 4.69) is 32.2 Å². The summed E-state index contributed by atoms with van der Waals surface area (Å²) in [6, 6.07) is 20.0. The highest BCUT2D eigenvalue weighted by molar-refractivity contribution is 9.10. The van der Waals surface area contributed by atoms with Crippen LogP contribution < -0.4 is 5.32 Å². The van der Waals surface area contributed by atoms with E-state index in [9.17, 15) is 9.18 Å². The van der Waals surface area contributed by atoms with Crippen molar-refractivity contribution in [3.8, 4) is 22.7 Å². The quantitative estimate of drug-likeness (QED) is 0.280. The molecule has 8 heteroatoms. The molecule has 0 fully saturated rings. The summed E-state index contributed by atoms with van der Waals surface area (Å²) in [5.74, 6) is 1.50. The van der Waals surface area contributed by atoms with E-state index in [1.807, 2.05) is 49.5 Å². The molecule has 1 aromatic heterocycles. The Hall–Kier alpha value is -3.91. The maximum absolute atomic E-state index is 13.7. The lowest BCUT2D eigenvalue weighted by Crippen LogP contribution is -2.23. The standard InChI is InChI=1S/C29H23BrFN3O3/c1-17-16-34(13-12-18-2-11-24-21(14-18)15-25(35)32-24)29(36-17)27-26(19-5-9-23(31)10-6-19)33-28(37-27)20-3-7-22(30)8-4-20/h2-11,14,16,29H,12-13,15H2,1H3,(H,32,35). The second-order valence-corrected chi connectivity index (χ2v) is 10.1. The third kappa shape index (κ3) is 4.76. The van der Waals surface area contributed by atoms with Crippen LogP contribution in [0.1, 0.15) is 30.0 Å². The van der Waals surface area contributed by atoms with Crippen molar-refractivity contribution in [3.05, 3.63) is 106 Å². The molecule has 6 rings (SSSR count). The molecule has 0 aliphatic carbocycles. The number of allylic oxidation sites excluding steroid dienone is 1. The minimum atomic E-state index is -0.519. The van der Waals surface area contributed by atoms with E-state index in [1.165, 1.54) is 12.1 Å². The molecule has 1 unspecified atom stereocenters. The van der Waals surface area contributed by atoms with Crippen molar-refractivity contribution >= 4 is 27.5 Å². The van der Waals surface area contributed by atoms with Gasteiger partial charge in [-0.3, -0.25) is 4.79 Å². The topological polar surface area (TPSA) is 67.6 Å². The second-order valence-electron chi connectivity index (χ2n) is 9.16. The van der Waals surface area contributed by atoms with Crippen molar-refractivity contribution < 1.29 is 18.3 Å². The molecular formula is C29H23BrFN3O3. The van der Waals surface area contributed by atoms with Gasteiger partial charge in [0.15, 0.2) is 5.76 Å². The van der Waals surface area contributed by atoms with E-state index in [0.29, 0.717) is 30.3 Å². The van der Waals surface area contributed by atoms with E-state index < -0.39 is 6.23 Å². The minimum absolute atomic E-state index is 0.0268. The molecule has 0 saturated carbocycles. The van der Waals surface area contributed by atoms with E-state index in [4.69, 9.17) is 14.1 Å². The summed E-state index contributed by atoms with van der Waals surface area (Å²) < 4.78 is 27.2. The smallest absolute Gasteiger partial charge is 0.232 e. The lowest BCUT2D eigenvalue weighted by atomic mass is 10.1. The molecular weight excluding hydrogens is 537 g/mol. The Morgan fingerprint density at radius 3 is 2.62 bits per heavy atom. The molecule has 37 heavy (non-hydrogen) atoms. The molecule has 6 nitrogen and oxygen atoms in total. The molecule has 3 aromatic carbocycles. The zero-order valence-corrected chi connectivity index (χ0v) is 21.6. The molecule has 2 aliphatic heterocycles. The highest BCUT2D eigenvalue weighted by Crippen LogP contribution is 2.40. The Labute approximate surface area is 221 Å². The molecule has 1 atom stereocenters. The molecule has 1 amide bonds. The third-order valence-electron chi connectivity index (χ3n) is 6.49. The van der Waals surface area contributed by atoms with E-state index in [0.717, 1.165) is 44.6 Å². The normalized spacial score (nSPS) is 16.4. The van der Waals surface area contributed by atoms with Crippen molar-refractivity contribution in [1.82, 2.24) is 9.88 Å². The first-order chi connectivity index (χ1) is 17.9. The molecule has 186 valence electrons. The molecule has 2 aliphatic rings. The van der Waals surface area contributed by atoms with E-state index >= 15 is 0 Å². The number of halogens is 2.